The second-order valence-electron chi connectivity index (χ2n) is 5.29. The van der Waals surface area contributed by atoms with Crippen LogP contribution < -0.4 is 5.32 Å². The Labute approximate surface area is 110 Å². The molecule has 0 atom stereocenters. The lowest BCUT2D eigenvalue weighted by Crippen LogP contribution is -2.43. The van der Waals surface area contributed by atoms with Gasteiger partial charge in [0, 0.05) is 19.1 Å². The fourth-order valence-corrected chi connectivity index (χ4v) is 2.52. The summed E-state index contributed by atoms with van der Waals surface area (Å²) in [6.45, 7) is 5.46. The van der Waals surface area contributed by atoms with Crippen molar-refractivity contribution in [3.8, 4) is 0 Å². The normalized spacial score (nSPS) is 18.6. The zero-order valence-electron chi connectivity index (χ0n) is 11.6. The van der Waals surface area contributed by atoms with Crippen molar-refractivity contribution in [3.63, 3.8) is 0 Å². The van der Waals surface area contributed by atoms with Gasteiger partial charge in [0.15, 0.2) is 0 Å². The molecule has 0 aliphatic carbocycles. The highest BCUT2D eigenvalue weighted by molar-refractivity contribution is 4.97. The molecule has 1 aliphatic rings. The van der Waals surface area contributed by atoms with Crippen molar-refractivity contribution < 1.29 is 4.42 Å². The monoisotopic (exact) mass is 251 g/mol. The summed E-state index contributed by atoms with van der Waals surface area (Å²) < 4.78 is 5.28. The van der Waals surface area contributed by atoms with Gasteiger partial charge in [-0.25, -0.2) is 0 Å². The van der Waals surface area contributed by atoms with E-state index in [0.29, 0.717) is 0 Å². The van der Waals surface area contributed by atoms with Gasteiger partial charge in [-0.3, -0.25) is 0 Å². The summed E-state index contributed by atoms with van der Waals surface area (Å²) in [4.78, 5) is 4.90. The summed E-state index contributed by atoms with van der Waals surface area (Å²) in [6, 6.07) is 4.72. The van der Waals surface area contributed by atoms with Crippen molar-refractivity contribution in [2.45, 2.75) is 25.4 Å². The van der Waals surface area contributed by atoms with Crippen LogP contribution in [0, 0.1) is 0 Å². The summed E-state index contributed by atoms with van der Waals surface area (Å²) in [5.41, 5.74) is 0. The molecular formula is C14H25N3O. The van der Waals surface area contributed by atoms with Gasteiger partial charge in [0.2, 0.25) is 0 Å². The third kappa shape index (κ3) is 4.12. The highest BCUT2D eigenvalue weighted by Crippen LogP contribution is 2.13. The molecule has 18 heavy (non-hydrogen) atoms. The van der Waals surface area contributed by atoms with E-state index in [1.165, 1.54) is 25.9 Å². The van der Waals surface area contributed by atoms with Gasteiger partial charge in [-0.05, 0) is 52.2 Å². The number of furan rings is 1. The van der Waals surface area contributed by atoms with E-state index in [1.54, 1.807) is 6.26 Å². The molecule has 2 rings (SSSR count). The van der Waals surface area contributed by atoms with Gasteiger partial charge in [0.05, 0.1) is 12.8 Å². The molecule has 1 N–H and O–H groups in total. The predicted octanol–water partition coefficient (Wildman–Crippen LogP) is 1.40. The van der Waals surface area contributed by atoms with Crippen LogP contribution in [0.15, 0.2) is 22.8 Å². The Morgan fingerprint density at radius 2 is 2.17 bits per heavy atom. The molecule has 4 heteroatoms. The van der Waals surface area contributed by atoms with E-state index < -0.39 is 0 Å². The largest absolute Gasteiger partial charge is 0.468 e. The zero-order valence-corrected chi connectivity index (χ0v) is 11.6. The van der Waals surface area contributed by atoms with E-state index in [2.05, 4.69) is 29.2 Å². The second kappa shape index (κ2) is 6.92. The first kappa shape index (κ1) is 13.6. The Balaban J connectivity index is 1.55. The summed E-state index contributed by atoms with van der Waals surface area (Å²) in [7, 11) is 4.37. The minimum absolute atomic E-state index is 0.775. The van der Waals surface area contributed by atoms with Gasteiger partial charge in [-0.15, -0.1) is 0 Å². The predicted molar refractivity (Wildman–Crippen MR) is 73.6 cm³/mol. The molecule has 102 valence electrons. The highest BCUT2D eigenvalue weighted by atomic mass is 16.3. The first-order valence-electron chi connectivity index (χ1n) is 6.87. The van der Waals surface area contributed by atoms with E-state index in [9.17, 15) is 0 Å². The third-order valence-electron chi connectivity index (χ3n) is 3.77. The van der Waals surface area contributed by atoms with Crippen molar-refractivity contribution in [2.75, 3.05) is 40.3 Å². The number of nitrogens with zero attached hydrogens (tertiary/aromatic N) is 2. The second-order valence-corrected chi connectivity index (χ2v) is 5.29. The van der Waals surface area contributed by atoms with Gasteiger partial charge in [0.1, 0.15) is 5.76 Å². The van der Waals surface area contributed by atoms with Crippen LogP contribution in [0.3, 0.4) is 0 Å². The van der Waals surface area contributed by atoms with E-state index in [0.717, 1.165) is 31.4 Å². The molecule has 1 saturated heterocycles. The molecule has 0 saturated carbocycles. The third-order valence-corrected chi connectivity index (χ3v) is 3.77. The fraction of sp³-hybridized carbons (Fsp3) is 0.714. The SMILES string of the molecule is CN(C)C1CCN(CCNCc2ccco2)CC1. The van der Waals surface area contributed by atoms with Crippen molar-refractivity contribution in [1.82, 2.24) is 15.1 Å². The first-order valence-corrected chi connectivity index (χ1v) is 6.87. The number of likely N-dealkylation sites (tertiary alicyclic amines) is 1. The van der Waals surface area contributed by atoms with Gasteiger partial charge in [-0.2, -0.15) is 0 Å². The van der Waals surface area contributed by atoms with Crippen molar-refractivity contribution >= 4 is 0 Å². The lowest BCUT2D eigenvalue weighted by Gasteiger charge is -2.35. The number of hydrogen-bond acceptors (Lipinski definition) is 4. The van der Waals surface area contributed by atoms with Crippen LogP contribution in [0.25, 0.3) is 0 Å². The quantitative estimate of drug-likeness (QED) is 0.774. The van der Waals surface area contributed by atoms with Crippen LogP contribution >= 0.6 is 0 Å². The topological polar surface area (TPSA) is 31.6 Å². The summed E-state index contributed by atoms with van der Waals surface area (Å²) >= 11 is 0. The molecule has 1 aromatic heterocycles. The molecular weight excluding hydrogens is 226 g/mol. The molecule has 0 unspecified atom stereocenters. The number of nitrogens with one attached hydrogen (secondary N) is 1. The summed E-state index contributed by atoms with van der Waals surface area (Å²) in [5.74, 6) is 1.02. The van der Waals surface area contributed by atoms with Crippen LogP contribution in [0.5, 0.6) is 0 Å². The lowest BCUT2D eigenvalue weighted by atomic mass is 10.0. The molecule has 0 radical (unpaired) electrons. The first-order chi connectivity index (χ1) is 8.75. The zero-order chi connectivity index (χ0) is 12.8. The number of piperidine rings is 1. The maximum absolute atomic E-state index is 5.28. The Morgan fingerprint density at radius 1 is 1.39 bits per heavy atom. The van der Waals surface area contributed by atoms with E-state index >= 15 is 0 Å². The van der Waals surface area contributed by atoms with Crippen molar-refractivity contribution in [2.24, 2.45) is 0 Å². The Morgan fingerprint density at radius 3 is 2.78 bits per heavy atom. The summed E-state index contributed by atoms with van der Waals surface area (Å²) in [6.07, 6.45) is 4.32. The molecule has 0 bridgehead atoms. The average Bonchev–Trinajstić information content (AvgIpc) is 2.88. The van der Waals surface area contributed by atoms with E-state index in [4.69, 9.17) is 4.42 Å². The molecule has 1 aromatic rings. The smallest absolute Gasteiger partial charge is 0.117 e. The van der Waals surface area contributed by atoms with Crippen LogP contribution in [0.1, 0.15) is 18.6 Å². The van der Waals surface area contributed by atoms with Gasteiger partial charge < -0.3 is 19.5 Å². The molecule has 1 fully saturated rings. The van der Waals surface area contributed by atoms with Gasteiger partial charge >= 0.3 is 0 Å². The molecule has 1 aliphatic heterocycles. The Hall–Kier alpha value is -0.840. The molecule has 4 nitrogen and oxygen atoms in total. The van der Waals surface area contributed by atoms with Crippen LogP contribution in [-0.2, 0) is 6.54 Å². The standard InChI is InChI=1S/C14H25N3O/c1-16(2)13-5-8-17(9-6-13)10-7-15-12-14-4-3-11-18-14/h3-4,11,13,15H,5-10,12H2,1-2H3. The molecule has 0 spiro atoms. The molecule has 0 amide bonds. The van der Waals surface area contributed by atoms with Crippen molar-refractivity contribution in [1.29, 1.82) is 0 Å². The van der Waals surface area contributed by atoms with Gasteiger partial charge in [0.25, 0.3) is 0 Å². The van der Waals surface area contributed by atoms with Crippen LogP contribution in [-0.4, -0.2) is 56.1 Å². The van der Waals surface area contributed by atoms with E-state index in [-0.39, 0.29) is 0 Å². The van der Waals surface area contributed by atoms with Gasteiger partial charge in [-0.1, -0.05) is 0 Å². The lowest BCUT2D eigenvalue weighted by molar-refractivity contribution is 0.145. The van der Waals surface area contributed by atoms with Crippen molar-refractivity contribution in [3.05, 3.63) is 24.2 Å². The Kier molecular flexibility index (Phi) is 5.23. The fourth-order valence-electron chi connectivity index (χ4n) is 2.52. The van der Waals surface area contributed by atoms with Crippen LogP contribution in [0.2, 0.25) is 0 Å². The maximum atomic E-state index is 5.28. The average molecular weight is 251 g/mol. The minimum atomic E-state index is 0.775. The molecule has 2 heterocycles. The van der Waals surface area contributed by atoms with Crippen LogP contribution in [0.4, 0.5) is 0 Å². The number of hydrogen-bond donors (Lipinski definition) is 1. The summed E-state index contributed by atoms with van der Waals surface area (Å²) in [5, 5.41) is 3.42. The number of rotatable bonds is 6. The minimum Gasteiger partial charge on any atom is -0.468 e. The van der Waals surface area contributed by atoms with E-state index in [1.807, 2.05) is 12.1 Å². The Bertz CT molecular complexity index is 316. The molecule has 0 aromatic carbocycles. The highest BCUT2D eigenvalue weighted by Gasteiger charge is 2.19. The maximum Gasteiger partial charge on any atom is 0.117 e.